The van der Waals surface area contributed by atoms with Gasteiger partial charge in [-0.3, -0.25) is 4.79 Å². The quantitative estimate of drug-likeness (QED) is 0.851. The van der Waals surface area contributed by atoms with Gasteiger partial charge in [0.15, 0.2) is 5.43 Å². The average molecular weight is 270 g/mol. The molecular formula is C17H22N2O. The summed E-state index contributed by atoms with van der Waals surface area (Å²) in [7, 11) is 0. The number of hydrogen-bond donors (Lipinski definition) is 0. The number of aromatic nitrogens is 1. The minimum atomic E-state index is 0.0658. The van der Waals surface area contributed by atoms with Crippen LogP contribution in [0.25, 0.3) is 5.69 Å². The van der Waals surface area contributed by atoms with E-state index >= 15 is 0 Å². The summed E-state index contributed by atoms with van der Waals surface area (Å²) in [6, 6.07) is 11.8. The number of nitrogens with zero attached hydrogens (tertiary/aromatic N) is 2. The maximum Gasteiger partial charge on any atom is 0.182 e. The second-order valence-electron chi connectivity index (χ2n) is 5.00. The van der Waals surface area contributed by atoms with Gasteiger partial charge in [-0.1, -0.05) is 0 Å². The molecule has 0 saturated heterocycles. The van der Waals surface area contributed by atoms with Gasteiger partial charge < -0.3 is 9.47 Å². The third-order valence-electron chi connectivity index (χ3n) is 3.64. The van der Waals surface area contributed by atoms with Crippen molar-refractivity contribution in [1.29, 1.82) is 0 Å². The highest BCUT2D eigenvalue weighted by molar-refractivity contribution is 5.51. The highest BCUT2D eigenvalue weighted by atomic mass is 16.1. The summed E-state index contributed by atoms with van der Waals surface area (Å²) in [5.74, 6) is 0. The van der Waals surface area contributed by atoms with Gasteiger partial charge in [-0.25, -0.2) is 0 Å². The largest absolute Gasteiger partial charge is 0.372 e. The van der Waals surface area contributed by atoms with Crippen LogP contribution in [0.2, 0.25) is 0 Å². The molecule has 0 amide bonds. The van der Waals surface area contributed by atoms with E-state index in [0.29, 0.717) is 0 Å². The number of rotatable bonds is 4. The molecule has 1 aromatic carbocycles. The lowest BCUT2D eigenvalue weighted by Crippen LogP contribution is -2.21. The Hall–Kier alpha value is -2.03. The summed E-state index contributed by atoms with van der Waals surface area (Å²) in [5.41, 5.74) is 4.32. The SMILES string of the molecule is CCN(CC)c1ccc(-n2c(C)cc(=O)cc2C)cc1. The van der Waals surface area contributed by atoms with Gasteiger partial charge in [-0.15, -0.1) is 0 Å². The van der Waals surface area contributed by atoms with Gasteiger partial charge in [0.05, 0.1) is 0 Å². The van der Waals surface area contributed by atoms with Crippen molar-refractivity contribution in [2.24, 2.45) is 0 Å². The molecule has 1 heterocycles. The fraction of sp³-hybridized carbons (Fsp3) is 0.353. The number of benzene rings is 1. The maximum atomic E-state index is 11.5. The minimum absolute atomic E-state index is 0.0658. The van der Waals surface area contributed by atoms with Crippen molar-refractivity contribution in [3.63, 3.8) is 0 Å². The van der Waals surface area contributed by atoms with Crippen LogP contribution in [-0.2, 0) is 0 Å². The lowest BCUT2D eigenvalue weighted by Gasteiger charge is -2.22. The van der Waals surface area contributed by atoms with Gasteiger partial charge in [0, 0.05) is 48.0 Å². The molecule has 0 N–H and O–H groups in total. The topological polar surface area (TPSA) is 25.2 Å². The Kier molecular flexibility index (Phi) is 4.28. The van der Waals surface area contributed by atoms with Crippen molar-refractivity contribution in [1.82, 2.24) is 4.57 Å². The molecule has 0 spiro atoms. The molecule has 2 rings (SSSR count). The predicted octanol–water partition coefficient (Wildman–Crippen LogP) is 3.30. The van der Waals surface area contributed by atoms with Crippen LogP contribution in [0, 0.1) is 13.8 Å². The van der Waals surface area contributed by atoms with Crippen LogP contribution < -0.4 is 10.3 Å². The number of pyridine rings is 1. The third-order valence-corrected chi connectivity index (χ3v) is 3.64. The van der Waals surface area contributed by atoms with Gasteiger partial charge in [-0.05, 0) is 52.0 Å². The van der Waals surface area contributed by atoms with Crippen molar-refractivity contribution < 1.29 is 0 Å². The second kappa shape index (κ2) is 5.95. The summed E-state index contributed by atoms with van der Waals surface area (Å²) >= 11 is 0. The lowest BCUT2D eigenvalue weighted by molar-refractivity contribution is 0.864. The van der Waals surface area contributed by atoms with Crippen molar-refractivity contribution in [3.8, 4) is 5.69 Å². The first-order valence-corrected chi connectivity index (χ1v) is 7.12. The van der Waals surface area contributed by atoms with E-state index in [1.807, 2.05) is 13.8 Å². The van der Waals surface area contributed by atoms with Gasteiger partial charge in [0.25, 0.3) is 0 Å². The Balaban J connectivity index is 2.43. The van der Waals surface area contributed by atoms with E-state index < -0.39 is 0 Å². The van der Waals surface area contributed by atoms with Gasteiger partial charge in [-0.2, -0.15) is 0 Å². The van der Waals surface area contributed by atoms with Crippen LogP contribution in [0.1, 0.15) is 25.2 Å². The molecular weight excluding hydrogens is 248 g/mol. The van der Waals surface area contributed by atoms with Crippen LogP contribution in [0.5, 0.6) is 0 Å². The number of hydrogen-bond acceptors (Lipinski definition) is 2. The van der Waals surface area contributed by atoms with E-state index in [4.69, 9.17) is 0 Å². The normalized spacial score (nSPS) is 10.6. The second-order valence-corrected chi connectivity index (χ2v) is 5.00. The minimum Gasteiger partial charge on any atom is -0.372 e. The third kappa shape index (κ3) is 2.77. The highest BCUT2D eigenvalue weighted by Crippen LogP contribution is 2.19. The molecule has 2 aromatic rings. The summed E-state index contributed by atoms with van der Waals surface area (Å²) < 4.78 is 2.10. The smallest absolute Gasteiger partial charge is 0.182 e. The van der Waals surface area contributed by atoms with Gasteiger partial charge >= 0.3 is 0 Å². The lowest BCUT2D eigenvalue weighted by atomic mass is 10.2. The zero-order valence-electron chi connectivity index (χ0n) is 12.7. The first kappa shape index (κ1) is 14.4. The zero-order chi connectivity index (χ0) is 14.7. The summed E-state index contributed by atoms with van der Waals surface area (Å²) in [4.78, 5) is 13.8. The van der Waals surface area contributed by atoms with Crippen molar-refractivity contribution >= 4 is 5.69 Å². The average Bonchev–Trinajstić information content (AvgIpc) is 2.40. The van der Waals surface area contributed by atoms with Crippen LogP contribution in [-0.4, -0.2) is 17.7 Å². The summed E-state index contributed by atoms with van der Waals surface area (Å²) in [6.45, 7) is 10.3. The van der Waals surface area contributed by atoms with E-state index in [1.165, 1.54) is 5.69 Å². The zero-order valence-corrected chi connectivity index (χ0v) is 12.7. The molecule has 3 nitrogen and oxygen atoms in total. The first-order valence-electron chi connectivity index (χ1n) is 7.12. The summed E-state index contributed by atoms with van der Waals surface area (Å²) in [5, 5.41) is 0. The molecule has 0 aliphatic rings. The first-order chi connectivity index (χ1) is 9.56. The Morgan fingerprint density at radius 2 is 1.45 bits per heavy atom. The summed E-state index contributed by atoms with van der Waals surface area (Å²) in [6.07, 6.45) is 0. The van der Waals surface area contributed by atoms with Gasteiger partial charge in [0.1, 0.15) is 0 Å². The van der Waals surface area contributed by atoms with E-state index in [-0.39, 0.29) is 5.43 Å². The Morgan fingerprint density at radius 3 is 1.90 bits per heavy atom. The maximum absolute atomic E-state index is 11.5. The molecule has 0 fully saturated rings. The molecule has 106 valence electrons. The van der Waals surface area contributed by atoms with Crippen molar-refractivity contribution in [2.75, 3.05) is 18.0 Å². The fourth-order valence-corrected chi connectivity index (χ4v) is 2.67. The molecule has 0 aliphatic carbocycles. The van der Waals surface area contributed by atoms with E-state index in [0.717, 1.165) is 30.2 Å². The molecule has 0 unspecified atom stereocenters. The van der Waals surface area contributed by atoms with Crippen LogP contribution in [0.4, 0.5) is 5.69 Å². The van der Waals surface area contributed by atoms with E-state index in [1.54, 1.807) is 12.1 Å². The van der Waals surface area contributed by atoms with Crippen LogP contribution >= 0.6 is 0 Å². The van der Waals surface area contributed by atoms with E-state index in [2.05, 4.69) is 47.6 Å². The number of anilines is 1. The molecule has 20 heavy (non-hydrogen) atoms. The van der Waals surface area contributed by atoms with Crippen LogP contribution in [0.3, 0.4) is 0 Å². The standard InChI is InChI=1S/C17H22N2O/c1-5-18(6-2)15-7-9-16(10-8-15)19-13(3)11-17(20)12-14(19)4/h7-12H,5-6H2,1-4H3. The Morgan fingerprint density at radius 1 is 0.950 bits per heavy atom. The molecule has 0 saturated carbocycles. The number of aryl methyl sites for hydroxylation is 2. The van der Waals surface area contributed by atoms with Gasteiger partial charge in [0.2, 0.25) is 0 Å². The predicted molar refractivity (Wildman–Crippen MR) is 85.1 cm³/mol. The van der Waals surface area contributed by atoms with Crippen molar-refractivity contribution in [3.05, 3.63) is 58.0 Å². The Labute approximate surface area is 120 Å². The molecule has 0 radical (unpaired) electrons. The Bertz CT molecular complexity index is 611. The fourth-order valence-electron chi connectivity index (χ4n) is 2.67. The molecule has 1 aromatic heterocycles. The highest BCUT2D eigenvalue weighted by Gasteiger charge is 2.06. The molecule has 0 bridgehead atoms. The van der Waals surface area contributed by atoms with E-state index in [9.17, 15) is 4.79 Å². The van der Waals surface area contributed by atoms with Crippen molar-refractivity contribution in [2.45, 2.75) is 27.7 Å². The molecule has 0 atom stereocenters. The molecule has 3 heteroatoms. The monoisotopic (exact) mass is 270 g/mol. The molecule has 0 aliphatic heterocycles. The van der Waals surface area contributed by atoms with Crippen LogP contribution in [0.15, 0.2) is 41.2 Å².